The first kappa shape index (κ1) is 13.5. The Labute approximate surface area is 102 Å². The molecule has 0 aliphatic heterocycles. The van der Waals surface area contributed by atoms with E-state index in [1.165, 1.54) is 0 Å². The van der Waals surface area contributed by atoms with Crippen LogP contribution < -0.4 is 10.2 Å². The zero-order chi connectivity index (χ0) is 12.7. The molecule has 0 aromatic heterocycles. The summed E-state index contributed by atoms with van der Waals surface area (Å²) in [5, 5.41) is 0. The molecule has 94 valence electrons. The summed E-state index contributed by atoms with van der Waals surface area (Å²) in [5.41, 5.74) is 3.26. The van der Waals surface area contributed by atoms with Crippen LogP contribution in [0.25, 0.3) is 0 Å². The zero-order valence-corrected chi connectivity index (χ0v) is 10.5. The highest BCUT2D eigenvalue weighted by molar-refractivity contribution is 5.72. The van der Waals surface area contributed by atoms with Crippen molar-refractivity contribution in [3.63, 3.8) is 0 Å². The third kappa shape index (κ3) is 5.36. The molecule has 0 radical (unpaired) electrons. The monoisotopic (exact) mass is 237 g/mol. The Hall–Kier alpha value is -1.55. The second-order valence-electron chi connectivity index (χ2n) is 4.20. The Morgan fingerprint density at radius 3 is 2.47 bits per heavy atom. The highest BCUT2D eigenvalue weighted by Crippen LogP contribution is 2.13. The quantitative estimate of drug-likeness (QED) is 0.768. The van der Waals surface area contributed by atoms with Crippen LogP contribution in [0.15, 0.2) is 24.3 Å². The standard InChI is InChI=1S/C13H19NO3/c1-10(2)9-16-12-6-4-11(5-7-12)8-13(15)17-14-3/h4-7,10,14H,8-9H2,1-3H3. The molecule has 4 nitrogen and oxygen atoms in total. The second kappa shape index (κ2) is 6.91. The molecule has 4 heteroatoms. The molecule has 0 unspecified atom stereocenters. The average molecular weight is 237 g/mol. The molecule has 1 rings (SSSR count). The van der Waals surface area contributed by atoms with Crippen molar-refractivity contribution < 1.29 is 14.4 Å². The number of rotatable bonds is 6. The fourth-order valence-electron chi connectivity index (χ4n) is 1.28. The van der Waals surface area contributed by atoms with Crippen LogP contribution in [0.5, 0.6) is 5.75 Å². The molecule has 1 aromatic carbocycles. The number of carbonyl (C=O) groups is 1. The number of hydroxylamine groups is 1. The molecule has 0 aliphatic rings. The van der Waals surface area contributed by atoms with Crippen LogP contribution in [-0.4, -0.2) is 19.6 Å². The van der Waals surface area contributed by atoms with E-state index in [0.717, 1.165) is 11.3 Å². The van der Waals surface area contributed by atoms with Crippen LogP contribution >= 0.6 is 0 Å². The molecule has 0 aliphatic carbocycles. The van der Waals surface area contributed by atoms with Gasteiger partial charge < -0.3 is 9.57 Å². The van der Waals surface area contributed by atoms with Crippen molar-refractivity contribution in [2.45, 2.75) is 20.3 Å². The summed E-state index contributed by atoms with van der Waals surface area (Å²) >= 11 is 0. The van der Waals surface area contributed by atoms with Gasteiger partial charge in [-0.3, -0.25) is 4.79 Å². The van der Waals surface area contributed by atoms with Crippen molar-refractivity contribution in [1.82, 2.24) is 5.48 Å². The van der Waals surface area contributed by atoms with Gasteiger partial charge in [0.1, 0.15) is 5.75 Å². The maximum Gasteiger partial charge on any atom is 0.329 e. The Balaban J connectivity index is 2.47. The normalized spacial score (nSPS) is 10.4. The molecule has 0 atom stereocenters. The Morgan fingerprint density at radius 1 is 1.29 bits per heavy atom. The molecule has 0 fully saturated rings. The highest BCUT2D eigenvalue weighted by Gasteiger charge is 2.04. The molecule has 1 aromatic rings. The molecule has 0 saturated heterocycles. The summed E-state index contributed by atoms with van der Waals surface area (Å²) < 4.78 is 5.55. The molecule has 17 heavy (non-hydrogen) atoms. The maximum absolute atomic E-state index is 11.2. The van der Waals surface area contributed by atoms with Crippen LogP contribution in [0.1, 0.15) is 19.4 Å². The summed E-state index contributed by atoms with van der Waals surface area (Å²) in [6.07, 6.45) is 0.255. The first-order valence-electron chi connectivity index (χ1n) is 5.70. The number of hydrogen-bond acceptors (Lipinski definition) is 4. The van der Waals surface area contributed by atoms with Gasteiger partial charge in [-0.05, 0) is 23.6 Å². The smallest absolute Gasteiger partial charge is 0.329 e. The minimum absolute atomic E-state index is 0.255. The lowest BCUT2D eigenvalue weighted by Gasteiger charge is -2.09. The van der Waals surface area contributed by atoms with Gasteiger partial charge in [0, 0.05) is 7.05 Å². The molecule has 0 heterocycles. The van der Waals surface area contributed by atoms with Gasteiger partial charge in [-0.2, -0.15) is 5.48 Å². The Bertz CT molecular complexity index is 346. The van der Waals surface area contributed by atoms with Gasteiger partial charge in [-0.25, -0.2) is 0 Å². The van der Waals surface area contributed by atoms with E-state index in [-0.39, 0.29) is 12.4 Å². The lowest BCUT2D eigenvalue weighted by molar-refractivity contribution is -0.149. The highest BCUT2D eigenvalue weighted by atomic mass is 16.7. The van der Waals surface area contributed by atoms with Crippen LogP contribution in [0.4, 0.5) is 0 Å². The Kier molecular flexibility index (Phi) is 5.49. The van der Waals surface area contributed by atoms with Crippen molar-refractivity contribution in [2.24, 2.45) is 5.92 Å². The topological polar surface area (TPSA) is 47.6 Å². The van der Waals surface area contributed by atoms with E-state index in [1.807, 2.05) is 24.3 Å². The third-order valence-corrected chi connectivity index (χ3v) is 2.07. The largest absolute Gasteiger partial charge is 0.493 e. The third-order valence-electron chi connectivity index (χ3n) is 2.07. The first-order chi connectivity index (χ1) is 8.11. The van der Waals surface area contributed by atoms with Crippen LogP contribution in [-0.2, 0) is 16.1 Å². The van der Waals surface area contributed by atoms with Gasteiger partial charge in [0.25, 0.3) is 0 Å². The molecule has 0 amide bonds. The van der Waals surface area contributed by atoms with Gasteiger partial charge in [0.2, 0.25) is 0 Å². The zero-order valence-electron chi connectivity index (χ0n) is 10.5. The van der Waals surface area contributed by atoms with Crippen molar-refractivity contribution in [3.8, 4) is 5.75 Å². The van der Waals surface area contributed by atoms with Gasteiger partial charge >= 0.3 is 5.97 Å². The van der Waals surface area contributed by atoms with Crippen molar-refractivity contribution in [1.29, 1.82) is 0 Å². The predicted octanol–water partition coefficient (Wildman–Crippen LogP) is 1.94. The van der Waals surface area contributed by atoms with Gasteiger partial charge in [0.05, 0.1) is 13.0 Å². The molecular formula is C13H19NO3. The van der Waals surface area contributed by atoms with E-state index in [0.29, 0.717) is 12.5 Å². The lowest BCUT2D eigenvalue weighted by atomic mass is 10.1. The van der Waals surface area contributed by atoms with E-state index >= 15 is 0 Å². The molecule has 0 bridgehead atoms. The summed E-state index contributed by atoms with van der Waals surface area (Å²) in [4.78, 5) is 15.8. The van der Waals surface area contributed by atoms with Gasteiger partial charge in [0.15, 0.2) is 0 Å². The SMILES string of the molecule is CNOC(=O)Cc1ccc(OCC(C)C)cc1. The van der Waals surface area contributed by atoms with E-state index in [9.17, 15) is 4.79 Å². The number of benzene rings is 1. The van der Waals surface area contributed by atoms with Crippen molar-refractivity contribution in [2.75, 3.05) is 13.7 Å². The van der Waals surface area contributed by atoms with Gasteiger partial charge in [-0.15, -0.1) is 0 Å². The number of carbonyl (C=O) groups excluding carboxylic acids is 1. The van der Waals surface area contributed by atoms with E-state index in [2.05, 4.69) is 24.2 Å². The number of ether oxygens (including phenoxy) is 1. The van der Waals surface area contributed by atoms with Crippen LogP contribution in [0.2, 0.25) is 0 Å². The molecule has 0 spiro atoms. The van der Waals surface area contributed by atoms with Crippen molar-refractivity contribution >= 4 is 5.97 Å². The predicted molar refractivity (Wildman–Crippen MR) is 65.6 cm³/mol. The second-order valence-corrected chi connectivity index (χ2v) is 4.20. The van der Waals surface area contributed by atoms with E-state index < -0.39 is 0 Å². The Morgan fingerprint density at radius 2 is 1.94 bits per heavy atom. The summed E-state index contributed by atoms with van der Waals surface area (Å²) in [7, 11) is 1.56. The fourth-order valence-corrected chi connectivity index (χ4v) is 1.28. The number of nitrogens with one attached hydrogen (secondary N) is 1. The lowest BCUT2D eigenvalue weighted by Crippen LogP contribution is -2.16. The maximum atomic E-state index is 11.2. The van der Waals surface area contributed by atoms with E-state index in [4.69, 9.17) is 4.74 Å². The molecule has 0 saturated carbocycles. The molecular weight excluding hydrogens is 218 g/mol. The van der Waals surface area contributed by atoms with Crippen molar-refractivity contribution in [3.05, 3.63) is 29.8 Å². The minimum Gasteiger partial charge on any atom is -0.493 e. The average Bonchev–Trinajstić information content (AvgIpc) is 2.28. The molecule has 1 N–H and O–H groups in total. The minimum atomic E-state index is -0.302. The first-order valence-corrected chi connectivity index (χ1v) is 5.70. The van der Waals surface area contributed by atoms with E-state index in [1.54, 1.807) is 7.05 Å². The summed E-state index contributed by atoms with van der Waals surface area (Å²) in [5.74, 6) is 1.02. The summed E-state index contributed by atoms with van der Waals surface area (Å²) in [6.45, 7) is 4.89. The van der Waals surface area contributed by atoms with Crippen LogP contribution in [0, 0.1) is 5.92 Å². The van der Waals surface area contributed by atoms with Gasteiger partial charge in [-0.1, -0.05) is 26.0 Å². The summed E-state index contributed by atoms with van der Waals surface area (Å²) in [6, 6.07) is 7.47. The van der Waals surface area contributed by atoms with Crippen LogP contribution in [0.3, 0.4) is 0 Å². The fraction of sp³-hybridized carbons (Fsp3) is 0.462. The number of hydrogen-bond donors (Lipinski definition) is 1.